The summed E-state index contributed by atoms with van der Waals surface area (Å²) >= 11 is 1.39. The monoisotopic (exact) mass is 374 g/mol. The van der Waals surface area contributed by atoms with Crippen LogP contribution in [0.3, 0.4) is 0 Å². The minimum absolute atomic E-state index is 0.0849. The minimum Gasteiger partial charge on any atom is -0.355 e. The lowest BCUT2D eigenvalue weighted by molar-refractivity contribution is -0.121. The predicted octanol–water partition coefficient (Wildman–Crippen LogP) is 1.86. The van der Waals surface area contributed by atoms with Crippen LogP contribution < -0.4 is 10.6 Å². The lowest BCUT2D eigenvalue weighted by atomic mass is 10.1. The number of anilines is 1. The number of nitrogens with one attached hydrogen (secondary N) is 2. The number of amidine groups is 1. The first kappa shape index (κ1) is 18.4. The van der Waals surface area contributed by atoms with Crippen LogP contribution in [0.2, 0.25) is 0 Å². The molecule has 8 heteroatoms. The Kier molecular flexibility index (Phi) is 5.92. The quantitative estimate of drug-likeness (QED) is 0.839. The molecule has 2 aliphatic rings. The van der Waals surface area contributed by atoms with Crippen LogP contribution in [0.25, 0.3) is 0 Å². The molecule has 1 fully saturated rings. The van der Waals surface area contributed by atoms with E-state index in [2.05, 4.69) is 20.5 Å². The molecule has 0 unspecified atom stereocenters. The average Bonchev–Trinajstić information content (AvgIpc) is 3.03. The van der Waals surface area contributed by atoms with Crippen molar-refractivity contribution in [2.75, 3.05) is 25.5 Å². The smallest absolute Gasteiger partial charge is 0.262 e. The third-order valence-corrected chi connectivity index (χ3v) is 5.60. The van der Waals surface area contributed by atoms with Crippen molar-refractivity contribution in [3.05, 3.63) is 29.8 Å². The zero-order chi connectivity index (χ0) is 18.5. The summed E-state index contributed by atoms with van der Waals surface area (Å²) in [5, 5.41) is 5.60. The van der Waals surface area contributed by atoms with E-state index in [1.165, 1.54) is 18.2 Å². The fourth-order valence-electron chi connectivity index (χ4n) is 2.96. The maximum atomic E-state index is 12.3. The second-order valence-electron chi connectivity index (χ2n) is 6.30. The van der Waals surface area contributed by atoms with Gasteiger partial charge in [0, 0.05) is 37.8 Å². The molecule has 0 bridgehead atoms. The summed E-state index contributed by atoms with van der Waals surface area (Å²) in [5.74, 6) is -0.655. The molecule has 2 aliphatic heterocycles. The third kappa shape index (κ3) is 4.43. The Morgan fingerprint density at radius 2 is 1.88 bits per heavy atom. The number of benzene rings is 1. The Morgan fingerprint density at radius 1 is 1.19 bits per heavy atom. The third-order valence-electron chi connectivity index (χ3n) is 4.38. The Labute approximate surface area is 156 Å². The van der Waals surface area contributed by atoms with Gasteiger partial charge in [-0.1, -0.05) is 11.8 Å². The second kappa shape index (κ2) is 8.35. The van der Waals surface area contributed by atoms with Gasteiger partial charge in [-0.05, 0) is 43.5 Å². The molecule has 1 aromatic carbocycles. The Balaban J connectivity index is 1.52. The van der Waals surface area contributed by atoms with Crippen molar-refractivity contribution < 1.29 is 14.4 Å². The number of likely N-dealkylation sites (tertiary alicyclic amines) is 1. The van der Waals surface area contributed by atoms with E-state index in [0.29, 0.717) is 11.3 Å². The molecule has 0 aromatic heterocycles. The fourth-order valence-corrected chi connectivity index (χ4v) is 4.08. The van der Waals surface area contributed by atoms with E-state index in [1.54, 1.807) is 31.3 Å². The Morgan fingerprint density at radius 3 is 2.54 bits per heavy atom. The molecule has 0 aliphatic carbocycles. The zero-order valence-corrected chi connectivity index (χ0v) is 15.5. The van der Waals surface area contributed by atoms with Crippen LogP contribution in [0.15, 0.2) is 29.3 Å². The van der Waals surface area contributed by atoms with Crippen LogP contribution in [0.1, 0.15) is 36.0 Å². The standard InChI is InChI=1S/C18H22N4O3S/c1-19-16(24)12-5-7-13(8-6-12)20-15(23)11-14-17(25)21-18(26-14)22-9-3-2-4-10-22/h5-8,14H,2-4,9-11H2,1H3,(H,19,24)(H,20,23)/t14-/m1/s1. The average molecular weight is 374 g/mol. The predicted molar refractivity (Wildman–Crippen MR) is 102 cm³/mol. The molecule has 1 atom stereocenters. The number of carbonyl (C=O) groups excluding carboxylic acids is 3. The molecule has 3 amide bonds. The van der Waals surface area contributed by atoms with Gasteiger partial charge >= 0.3 is 0 Å². The van der Waals surface area contributed by atoms with Gasteiger partial charge in [0.05, 0.1) is 0 Å². The summed E-state index contributed by atoms with van der Waals surface area (Å²) in [6, 6.07) is 6.62. The van der Waals surface area contributed by atoms with Crippen molar-refractivity contribution in [1.29, 1.82) is 0 Å². The van der Waals surface area contributed by atoms with E-state index in [1.807, 2.05) is 0 Å². The molecule has 26 heavy (non-hydrogen) atoms. The Bertz CT molecular complexity index is 726. The van der Waals surface area contributed by atoms with Crippen LogP contribution >= 0.6 is 11.8 Å². The normalized spacial score (nSPS) is 19.9. The fraction of sp³-hybridized carbons (Fsp3) is 0.444. The highest BCUT2D eigenvalue weighted by Gasteiger charge is 2.33. The van der Waals surface area contributed by atoms with E-state index in [4.69, 9.17) is 0 Å². The molecule has 0 radical (unpaired) electrons. The van der Waals surface area contributed by atoms with E-state index >= 15 is 0 Å². The number of hydrogen-bond donors (Lipinski definition) is 2. The molecular weight excluding hydrogens is 352 g/mol. The Hall–Kier alpha value is -2.35. The highest BCUT2D eigenvalue weighted by Crippen LogP contribution is 2.29. The number of amides is 3. The highest BCUT2D eigenvalue weighted by atomic mass is 32.2. The zero-order valence-electron chi connectivity index (χ0n) is 14.7. The van der Waals surface area contributed by atoms with Crippen LogP contribution in [0.5, 0.6) is 0 Å². The highest BCUT2D eigenvalue weighted by molar-refractivity contribution is 8.15. The van der Waals surface area contributed by atoms with Gasteiger partial charge in [0.15, 0.2) is 5.17 Å². The number of thioether (sulfide) groups is 1. The van der Waals surface area contributed by atoms with Gasteiger partial charge in [-0.3, -0.25) is 14.4 Å². The van der Waals surface area contributed by atoms with Crippen LogP contribution in [0, 0.1) is 0 Å². The molecular formula is C18H22N4O3S. The number of piperidine rings is 1. The molecule has 7 nitrogen and oxygen atoms in total. The minimum atomic E-state index is -0.461. The molecule has 138 valence electrons. The lowest BCUT2D eigenvalue weighted by Crippen LogP contribution is -2.33. The maximum Gasteiger partial charge on any atom is 0.262 e. The van der Waals surface area contributed by atoms with Gasteiger partial charge < -0.3 is 15.5 Å². The first-order chi connectivity index (χ1) is 12.6. The van der Waals surface area contributed by atoms with Gasteiger partial charge in [-0.15, -0.1) is 0 Å². The van der Waals surface area contributed by atoms with Crippen molar-refractivity contribution in [2.45, 2.75) is 30.9 Å². The van der Waals surface area contributed by atoms with Crippen LogP contribution in [0.4, 0.5) is 5.69 Å². The van der Waals surface area contributed by atoms with E-state index in [9.17, 15) is 14.4 Å². The molecule has 0 saturated carbocycles. The van der Waals surface area contributed by atoms with Crippen LogP contribution in [-0.2, 0) is 9.59 Å². The van der Waals surface area contributed by atoms with Gasteiger partial charge in [-0.2, -0.15) is 4.99 Å². The largest absolute Gasteiger partial charge is 0.355 e. The van der Waals surface area contributed by atoms with Crippen molar-refractivity contribution in [2.24, 2.45) is 4.99 Å². The molecule has 0 spiro atoms. The molecule has 2 N–H and O–H groups in total. The summed E-state index contributed by atoms with van der Waals surface area (Å²) in [5.41, 5.74) is 1.11. The number of nitrogens with zero attached hydrogens (tertiary/aromatic N) is 2. The van der Waals surface area contributed by atoms with Gasteiger partial charge in [0.1, 0.15) is 5.25 Å². The lowest BCUT2D eigenvalue weighted by Gasteiger charge is -2.27. The number of carbonyl (C=O) groups is 3. The van der Waals surface area contributed by atoms with Gasteiger partial charge in [-0.25, -0.2) is 0 Å². The SMILES string of the molecule is CNC(=O)c1ccc(NC(=O)C[C@H]2SC(N3CCCCC3)=NC2=O)cc1. The molecule has 3 rings (SSSR count). The van der Waals surface area contributed by atoms with Crippen LogP contribution in [-0.4, -0.2) is 53.2 Å². The van der Waals surface area contributed by atoms with Crippen molar-refractivity contribution in [1.82, 2.24) is 10.2 Å². The van der Waals surface area contributed by atoms with Crippen molar-refractivity contribution in [3.8, 4) is 0 Å². The second-order valence-corrected chi connectivity index (χ2v) is 7.47. The van der Waals surface area contributed by atoms with Crippen molar-refractivity contribution in [3.63, 3.8) is 0 Å². The number of aliphatic imine (C=N–C) groups is 1. The van der Waals surface area contributed by atoms with E-state index in [-0.39, 0.29) is 24.1 Å². The van der Waals surface area contributed by atoms with E-state index in [0.717, 1.165) is 31.1 Å². The maximum absolute atomic E-state index is 12.3. The number of hydrogen-bond acceptors (Lipinski definition) is 5. The first-order valence-electron chi connectivity index (χ1n) is 8.73. The first-order valence-corrected chi connectivity index (χ1v) is 9.61. The topological polar surface area (TPSA) is 90.9 Å². The summed E-state index contributed by atoms with van der Waals surface area (Å²) in [7, 11) is 1.56. The van der Waals surface area contributed by atoms with Crippen molar-refractivity contribution >= 4 is 40.3 Å². The summed E-state index contributed by atoms with van der Waals surface area (Å²) in [6.07, 6.45) is 3.53. The molecule has 1 saturated heterocycles. The van der Waals surface area contributed by atoms with E-state index < -0.39 is 5.25 Å². The summed E-state index contributed by atoms with van der Waals surface area (Å²) < 4.78 is 0. The summed E-state index contributed by atoms with van der Waals surface area (Å²) in [4.78, 5) is 42.2. The summed E-state index contributed by atoms with van der Waals surface area (Å²) in [6.45, 7) is 1.85. The molecule has 2 heterocycles. The number of rotatable bonds is 4. The van der Waals surface area contributed by atoms with Gasteiger partial charge in [0.25, 0.3) is 11.8 Å². The molecule has 1 aromatic rings. The van der Waals surface area contributed by atoms with Gasteiger partial charge in [0.2, 0.25) is 5.91 Å².